The van der Waals surface area contributed by atoms with Crippen molar-refractivity contribution in [1.82, 2.24) is 19.7 Å². The lowest BCUT2D eigenvalue weighted by molar-refractivity contribution is 0.0718. The molecule has 25 heavy (non-hydrogen) atoms. The summed E-state index contributed by atoms with van der Waals surface area (Å²) in [4.78, 5) is 45.2. The Morgan fingerprint density at radius 2 is 1.64 bits per heavy atom. The van der Waals surface area contributed by atoms with Crippen molar-refractivity contribution in [2.45, 2.75) is 33.7 Å². The van der Waals surface area contributed by atoms with Gasteiger partial charge in [-0.25, -0.2) is 4.79 Å². The van der Waals surface area contributed by atoms with Crippen molar-refractivity contribution in [2.24, 2.45) is 0 Å². The first-order valence-corrected chi connectivity index (χ1v) is 8.59. The first-order chi connectivity index (χ1) is 11.6. The number of urea groups is 1. The quantitative estimate of drug-likeness (QED) is 0.841. The Labute approximate surface area is 149 Å². The highest BCUT2D eigenvalue weighted by Crippen LogP contribution is 2.21. The molecule has 1 atom stereocenters. The average Bonchev–Trinajstić information content (AvgIpc) is 2.87. The molecule has 0 aromatic carbocycles. The molecule has 138 valence electrons. The van der Waals surface area contributed by atoms with E-state index in [2.05, 4.69) is 9.88 Å². The van der Waals surface area contributed by atoms with Gasteiger partial charge in [-0.05, 0) is 33.3 Å². The number of hydrogen-bond acceptors (Lipinski definition) is 4. The zero-order valence-electron chi connectivity index (χ0n) is 16.0. The number of piperazine rings is 1. The molecule has 1 fully saturated rings. The SMILES string of the molecule is CC(=O)c1c(C)[nH]c(C(=O)C(C)N2CCN(C(=O)N(C)C)CC2)c1C. The predicted octanol–water partition coefficient (Wildman–Crippen LogP) is 1.70. The molecular formula is C18H28N4O3. The van der Waals surface area contributed by atoms with E-state index in [1.165, 1.54) is 6.92 Å². The highest BCUT2D eigenvalue weighted by Gasteiger charge is 2.30. The maximum absolute atomic E-state index is 12.9. The molecule has 0 aliphatic carbocycles. The summed E-state index contributed by atoms with van der Waals surface area (Å²) in [5, 5.41) is 0. The number of aryl methyl sites for hydroxylation is 1. The van der Waals surface area contributed by atoms with Gasteiger partial charge < -0.3 is 14.8 Å². The van der Waals surface area contributed by atoms with Crippen LogP contribution in [0.15, 0.2) is 0 Å². The highest BCUT2D eigenvalue weighted by atomic mass is 16.2. The van der Waals surface area contributed by atoms with Gasteiger partial charge in [0.05, 0.1) is 11.7 Å². The molecule has 1 N–H and O–H groups in total. The fourth-order valence-electron chi connectivity index (χ4n) is 3.48. The molecule has 2 amide bonds. The van der Waals surface area contributed by atoms with Crippen molar-refractivity contribution in [3.8, 4) is 0 Å². The summed E-state index contributed by atoms with van der Waals surface area (Å²) >= 11 is 0. The van der Waals surface area contributed by atoms with Gasteiger partial charge in [-0.3, -0.25) is 14.5 Å². The van der Waals surface area contributed by atoms with E-state index in [0.717, 1.165) is 11.3 Å². The third-order valence-electron chi connectivity index (χ3n) is 4.93. The topological polar surface area (TPSA) is 76.7 Å². The van der Waals surface area contributed by atoms with Crippen molar-refractivity contribution < 1.29 is 14.4 Å². The smallest absolute Gasteiger partial charge is 0.319 e. The second-order valence-electron chi connectivity index (χ2n) is 6.92. The molecule has 1 aliphatic rings. The number of carbonyl (C=O) groups excluding carboxylic acids is 3. The number of Topliss-reactive ketones (excluding diaryl/α,β-unsaturated/α-hetero) is 2. The van der Waals surface area contributed by atoms with Gasteiger partial charge in [0.15, 0.2) is 11.6 Å². The van der Waals surface area contributed by atoms with E-state index in [0.29, 0.717) is 37.4 Å². The van der Waals surface area contributed by atoms with Crippen molar-refractivity contribution in [2.75, 3.05) is 40.3 Å². The van der Waals surface area contributed by atoms with Crippen LogP contribution in [0.1, 0.15) is 46.0 Å². The Kier molecular flexibility index (Phi) is 5.67. The van der Waals surface area contributed by atoms with Crippen molar-refractivity contribution in [3.63, 3.8) is 0 Å². The lowest BCUT2D eigenvalue weighted by Crippen LogP contribution is -2.54. The average molecular weight is 348 g/mol. The Hall–Kier alpha value is -2.15. The molecule has 2 heterocycles. The number of carbonyl (C=O) groups is 3. The summed E-state index contributed by atoms with van der Waals surface area (Å²) in [6, 6.07) is -0.297. The highest BCUT2D eigenvalue weighted by molar-refractivity contribution is 6.05. The maximum atomic E-state index is 12.9. The molecule has 1 aliphatic heterocycles. The van der Waals surface area contributed by atoms with Crippen LogP contribution in [0.3, 0.4) is 0 Å². The minimum Gasteiger partial charge on any atom is -0.355 e. The molecular weight excluding hydrogens is 320 g/mol. The summed E-state index contributed by atoms with van der Waals surface area (Å²) in [6.45, 7) is 9.56. The van der Waals surface area contributed by atoms with E-state index in [1.807, 2.05) is 20.8 Å². The van der Waals surface area contributed by atoms with Gasteiger partial charge in [-0.1, -0.05) is 0 Å². The first kappa shape index (κ1) is 19.2. The number of nitrogens with one attached hydrogen (secondary N) is 1. The first-order valence-electron chi connectivity index (χ1n) is 8.59. The van der Waals surface area contributed by atoms with Crippen LogP contribution in [0.25, 0.3) is 0 Å². The summed E-state index contributed by atoms with van der Waals surface area (Å²) in [7, 11) is 3.48. The second kappa shape index (κ2) is 7.39. The Bertz CT molecular complexity index is 685. The van der Waals surface area contributed by atoms with Crippen LogP contribution >= 0.6 is 0 Å². The second-order valence-corrected chi connectivity index (χ2v) is 6.92. The third-order valence-corrected chi connectivity index (χ3v) is 4.93. The van der Waals surface area contributed by atoms with Crippen molar-refractivity contribution in [1.29, 1.82) is 0 Å². The molecule has 1 aromatic heterocycles. The van der Waals surface area contributed by atoms with E-state index in [9.17, 15) is 14.4 Å². The zero-order valence-corrected chi connectivity index (χ0v) is 16.0. The number of aromatic nitrogens is 1. The summed E-state index contributed by atoms with van der Waals surface area (Å²) in [5.41, 5.74) is 2.59. The fourth-order valence-corrected chi connectivity index (χ4v) is 3.48. The fraction of sp³-hybridized carbons (Fsp3) is 0.611. The molecule has 0 spiro atoms. The molecule has 7 heteroatoms. The number of hydrogen-bond donors (Lipinski definition) is 1. The number of amides is 2. The molecule has 7 nitrogen and oxygen atoms in total. The Morgan fingerprint density at radius 1 is 1.08 bits per heavy atom. The molecule has 1 unspecified atom stereocenters. The number of H-pyrrole nitrogens is 1. The van der Waals surface area contributed by atoms with Crippen LogP contribution < -0.4 is 0 Å². The Balaban J connectivity index is 2.08. The standard InChI is InChI=1S/C18H28N4O3/c1-11-15(14(4)23)12(2)19-16(11)17(24)13(3)21-7-9-22(10-8-21)18(25)20(5)6/h13,19H,7-10H2,1-6H3. The maximum Gasteiger partial charge on any atom is 0.319 e. The largest absolute Gasteiger partial charge is 0.355 e. The predicted molar refractivity (Wildman–Crippen MR) is 96.3 cm³/mol. The van der Waals surface area contributed by atoms with Crippen LogP contribution in [-0.4, -0.2) is 83.6 Å². The molecule has 0 bridgehead atoms. The third kappa shape index (κ3) is 3.76. The van der Waals surface area contributed by atoms with Crippen molar-refractivity contribution in [3.05, 3.63) is 22.5 Å². The van der Waals surface area contributed by atoms with Gasteiger partial charge in [-0.15, -0.1) is 0 Å². The zero-order chi connectivity index (χ0) is 18.9. The van der Waals surface area contributed by atoms with Crippen molar-refractivity contribution >= 4 is 17.6 Å². The van der Waals surface area contributed by atoms with Gasteiger partial charge in [0.2, 0.25) is 0 Å². The van der Waals surface area contributed by atoms with Crippen LogP contribution in [0.4, 0.5) is 4.79 Å². The molecule has 0 radical (unpaired) electrons. The Morgan fingerprint density at radius 3 is 2.08 bits per heavy atom. The lowest BCUT2D eigenvalue weighted by atomic mass is 10.0. The number of aromatic amines is 1. The molecule has 1 aromatic rings. The molecule has 1 saturated heterocycles. The van der Waals surface area contributed by atoms with E-state index in [-0.39, 0.29) is 23.6 Å². The minimum atomic E-state index is -0.298. The molecule has 0 saturated carbocycles. The number of ketones is 2. The van der Waals surface area contributed by atoms with Gasteiger partial charge in [0, 0.05) is 51.5 Å². The van der Waals surface area contributed by atoms with Gasteiger partial charge in [-0.2, -0.15) is 0 Å². The van der Waals surface area contributed by atoms with Gasteiger partial charge >= 0.3 is 6.03 Å². The summed E-state index contributed by atoms with van der Waals surface area (Å²) < 4.78 is 0. The van der Waals surface area contributed by atoms with Gasteiger partial charge in [0.25, 0.3) is 0 Å². The monoisotopic (exact) mass is 348 g/mol. The normalized spacial score (nSPS) is 16.6. The minimum absolute atomic E-state index is 0.000525. The van der Waals surface area contributed by atoms with Crippen LogP contribution in [0.5, 0.6) is 0 Å². The summed E-state index contributed by atoms with van der Waals surface area (Å²) in [5.74, 6) is -0.0470. The van der Waals surface area contributed by atoms with Crippen LogP contribution in [-0.2, 0) is 0 Å². The number of nitrogens with zero attached hydrogens (tertiary/aromatic N) is 3. The van der Waals surface area contributed by atoms with Crippen LogP contribution in [0, 0.1) is 13.8 Å². The van der Waals surface area contributed by atoms with Crippen LogP contribution in [0.2, 0.25) is 0 Å². The lowest BCUT2D eigenvalue weighted by Gasteiger charge is -2.38. The summed E-state index contributed by atoms with van der Waals surface area (Å²) in [6.07, 6.45) is 0. The van der Waals surface area contributed by atoms with E-state index < -0.39 is 0 Å². The van der Waals surface area contributed by atoms with E-state index in [4.69, 9.17) is 0 Å². The van der Waals surface area contributed by atoms with Gasteiger partial charge in [0.1, 0.15) is 0 Å². The number of rotatable bonds is 4. The molecule has 2 rings (SSSR count). The van der Waals surface area contributed by atoms with E-state index >= 15 is 0 Å². The van der Waals surface area contributed by atoms with E-state index in [1.54, 1.807) is 23.9 Å².